The number of anilines is 1. The maximum absolute atomic E-state index is 3.63. The first kappa shape index (κ1) is 15.4. The fourth-order valence-corrected chi connectivity index (χ4v) is 3.21. The van der Waals surface area contributed by atoms with Gasteiger partial charge in [-0.15, -0.1) is 0 Å². The molecule has 0 aliphatic heterocycles. The Bertz CT molecular complexity index is 548. The molecule has 0 fully saturated rings. The number of hydrogen-bond acceptors (Lipinski definition) is 1. The first-order valence-corrected chi connectivity index (χ1v) is 8.13. The number of hydrogen-bond donors (Lipinski definition) is 1. The Morgan fingerprint density at radius 2 is 1.60 bits per heavy atom. The lowest BCUT2D eigenvalue weighted by molar-refractivity contribution is 0.450. The molecule has 20 heavy (non-hydrogen) atoms. The summed E-state index contributed by atoms with van der Waals surface area (Å²) in [6.45, 7) is 6.89. The molecule has 1 N–H and O–H groups in total. The quantitative estimate of drug-likeness (QED) is 0.681. The Kier molecular flexibility index (Phi) is 5.08. The highest BCUT2D eigenvalue weighted by Gasteiger charge is 2.23. The summed E-state index contributed by atoms with van der Waals surface area (Å²) in [5.41, 5.74) is 2.80. The molecule has 0 aliphatic carbocycles. The minimum absolute atomic E-state index is 0.174. The van der Waals surface area contributed by atoms with Crippen molar-refractivity contribution >= 4 is 28.3 Å². The number of halogens is 1. The van der Waals surface area contributed by atoms with Crippen LogP contribution in [0.4, 0.5) is 5.69 Å². The number of para-hydroxylation sites is 1. The van der Waals surface area contributed by atoms with Crippen LogP contribution in [0.15, 0.2) is 54.6 Å². The van der Waals surface area contributed by atoms with Gasteiger partial charge in [0.15, 0.2) is 0 Å². The van der Waals surface area contributed by atoms with Crippen molar-refractivity contribution in [3.8, 4) is 0 Å². The highest BCUT2D eigenvalue weighted by molar-refractivity contribution is 14.1. The Hall–Kier alpha value is -1.03. The van der Waals surface area contributed by atoms with E-state index in [2.05, 4.69) is 103 Å². The summed E-state index contributed by atoms with van der Waals surface area (Å²) >= 11 is 2.38. The second kappa shape index (κ2) is 6.61. The van der Waals surface area contributed by atoms with Crippen LogP contribution >= 0.6 is 22.6 Å². The van der Waals surface area contributed by atoms with Crippen LogP contribution in [-0.2, 0) is 5.41 Å². The van der Waals surface area contributed by atoms with Gasteiger partial charge >= 0.3 is 0 Å². The van der Waals surface area contributed by atoms with E-state index in [1.807, 2.05) is 0 Å². The summed E-state index contributed by atoms with van der Waals surface area (Å²) in [5.74, 6) is 0. The predicted molar refractivity (Wildman–Crippen MR) is 96.3 cm³/mol. The zero-order chi connectivity index (χ0) is 14.6. The van der Waals surface area contributed by atoms with E-state index in [9.17, 15) is 0 Å². The van der Waals surface area contributed by atoms with Gasteiger partial charge in [-0.1, -0.05) is 56.3 Å². The highest BCUT2D eigenvalue weighted by atomic mass is 127. The summed E-state index contributed by atoms with van der Waals surface area (Å²) in [6, 6.07) is 19.6. The van der Waals surface area contributed by atoms with Crippen LogP contribution in [0.3, 0.4) is 0 Å². The lowest BCUT2D eigenvalue weighted by Crippen LogP contribution is -2.28. The van der Waals surface area contributed by atoms with Crippen molar-refractivity contribution < 1.29 is 0 Å². The standard InChI is InChI=1S/C18H22IN/c1-14(20-17-12-8-7-11-16(17)19)13-18(2,3)15-9-5-4-6-10-15/h4-12,14,20H,13H2,1-3H3. The molecule has 2 rings (SSSR count). The van der Waals surface area contributed by atoms with Crippen LogP contribution < -0.4 is 5.32 Å². The maximum Gasteiger partial charge on any atom is 0.0477 e. The van der Waals surface area contributed by atoms with Gasteiger partial charge in [-0.05, 0) is 59.0 Å². The molecule has 0 radical (unpaired) electrons. The van der Waals surface area contributed by atoms with Crippen LogP contribution in [0.1, 0.15) is 32.8 Å². The van der Waals surface area contributed by atoms with Gasteiger partial charge in [-0.3, -0.25) is 0 Å². The van der Waals surface area contributed by atoms with Crippen molar-refractivity contribution in [1.82, 2.24) is 0 Å². The number of benzene rings is 2. The monoisotopic (exact) mass is 379 g/mol. The molecule has 0 saturated carbocycles. The van der Waals surface area contributed by atoms with Gasteiger partial charge < -0.3 is 5.32 Å². The average Bonchev–Trinajstić information content (AvgIpc) is 2.42. The van der Waals surface area contributed by atoms with E-state index in [4.69, 9.17) is 0 Å². The average molecular weight is 379 g/mol. The first-order chi connectivity index (χ1) is 9.49. The molecule has 0 saturated heterocycles. The highest BCUT2D eigenvalue weighted by Crippen LogP contribution is 2.29. The second-order valence-electron chi connectivity index (χ2n) is 5.98. The zero-order valence-corrected chi connectivity index (χ0v) is 14.5. The van der Waals surface area contributed by atoms with E-state index < -0.39 is 0 Å². The minimum atomic E-state index is 0.174. The molecule has 0 bridgehead atoms. The van der Waals surface area contributed by atoms with E-state index in [-0.39, 0.29) is 5.41 Å². The van der Waals surface area contributed by atoms with E-state index in [0.29, 0.717) is 6.04 Å². The fraction of sp³-hybridized carbons (Fsp3) is 0.333. The van der Waals surface area contributed by atoms with E-state index in [1.54, 1.807) is 0 Å². The number of nitrogens with one attached hydrogen (secondary N) is 1. The molecule has 0 spiro atoms. The normalized spacial score (nSPS) is 13.0. The smallest absolute Gasteiger partial charge is 0.0477 e. The van der Waals surface area contributed by atoms with Crippen molar-refractivity contribution in [2.24, 2.45) is 0 Å². The lowest BCUT2D eigenvalue weighted by Gasteiger charge is -2.29. The van der Waals surface area contributed by atoms with Crippen molar-refractivity contribution in [3.05, 3.63) is 63.7 Å². The largest absolute Gasteiger partial charge is 0.382 e. The molecule has 2 aromatic rings. The van der Waals surface area contributed by atoms with Gasteiger partial charge in [-0.25, -0.2) is 0 Å². The van der Waals surface area contributed by atoms with Crippen LogP contribution in [-0.4, -0.2) is 6.04 Å². The van der Waals surface area contributed by atoms with Crippen LogP contribution in [0, 0.1) is 3.57 Å². The molecule has 0 aromatic heterocycles. The second-order valence-corrected chi connectivity index (χ2v) is 7.14. The van der Waals surface area contributed by atoms with Gasteiger partial charge in [0.25, 0.3) is 0 Å². The summed E-state index contributed by atoms with van der Waals surface area (Å²) < 4.78 is 1.27. The first-order valence-electron chi connectivity index (χ1n) is 7.05. The van der Waals surface area contributed by atoms with Crippen molar-refractivity contribution in [3.63, 3.8) is 0 Å². The number of rotatable bonds is 5. The topological polar surface area (TPSA) is 12.0 Å². The lowest BCUT2D eigenvalue weighted by atomic mass is 9.79. The molecule has 1 atom stereocenters. The minimum Gasteiger partial charge on any atom is -0.382 e. The maximum atomic E-state index is 3.63. The molecule has 0 amide bonds. The zero-order valence-electron chi connectivity index (χ0n) is 12.4. The molecular formula is C18H22IN. The molecule has 2 heteroatoms. The van der Waals surface area contributed by atoms with Crippen molar-refractivity contribution in [2.45, 2.75) is 38.6 Å². The summed E-state index contributed by atoms with van der Waals surface area (Å²) in [7, 11) is 0. The third-order valence-electron chi connectivity index (χ3n) is 3.65. The molecule has 0 heterocycles. The Balaban J connectivity index is 2.04. The molecule has 2 aromatic carbocycles. The van der Waals surface area contributed by atoms with Crippen LogP contribution in [0.5, 0.6) is 0 Å². The molecule has 0 aliphatic rings. The van der Waals surface area contributed by atoms with E-state index in [0.717, 1.165) is 6.42 Å². The molecule has 106 valence electrons. The Labute approximate surface area is 135 Å². The Morgan fingerprint density at radius 3 is 2.25 bits per heavy atom. The van der Waals surface area contributed by atoms with E-state index in [1.165, 1.54) is 14.8 Å². The van der Waals surface area contributed by atoms with Gasteiger partial charge in [-0.2, -0.15) is 0 Å². The third kappa shape index (κ3) is 3.98. The predicted octanol–water partition coefficient (Wildman–Crippen LogP) is 5.46. The summed E-state index contributed by atoms with van der Waals surface area (Å²) in [4.78, 5) is 0. The SMILES string of the molecule is CC(CC(C)(C)c1ccccc1)Nc1ccccc1I. The van der Waals surface area contributed by atoms with Gasteiger partial charge in [0.05, 0.1) is 0 Å². The van der Waals surface area contributed by atoms with Crippen LogP contribution in [0.25, 0.3) is 0 Å². The fourth-order valence-electron chi connectivity index (χ4n) is 2.67. The van der Waals surface area contributed by atoms with Gasteiger partial charge in [0.2, 0.25) is 0 Å². The molecule has 1 unspecified atom stereocenters. The van der Waals surface area contributed by atoms with E-state index >= 15 is 0 Å². The van der Waals surface area contributed by atoms with Crippen molar-refractivity contribution in [1.29, 1.82) is 0 Å². The van der Waals surface area contributed by atoms with Crippen molar-refractivity contribution in [2.75, 3.05) is 5.32 Å². The Morgan fingerprint density at radius 1 is 1.00 bits per heavy atom. The van der Waals surface area contributed by atoms with Crippen LogP contribution in [0.2, 0.25) is 0 Å². The third-order valence-corrected chi connectivity index (χ3v) is 4.59. The summed E-state index contributed by atoms with van der Waals surface area (Å²) in [5, 5.41) is 3.63. The summed E-state index contributed by atoms with van der Waals surface area (Å²) in [6.07, 6.45) is 1.10. The van der Waals surface area contributed by atoms with Gasteiger partial charge in [0, 0.05) is 15.3 Å². The molecular weight excluding hydrogens is 357 g/mol. The molecule has 1 nitrogen and oxygen atoms in total. The van der Waals surface area contributed by atoms with Gasteiger partial charge in [0.1, 0.15) is 0 Å².